The van der Waals surface area contributed by atoms with Gasteiger partial charge in [0.25, 0.3) is 6.71 Å². The molecule has 1 aromatic heterocycles. The number of aryl methyl sites for hydroxylation is 2. The quantitative estimate of drug-likeness (QED) is 0.165. The van der Waals surface area contributed by atoms with Crippen LogP contribution >= 0.6 is 0 Å². The lowest BCUT2D eigenvalue weighted by Crippen LogP contribution is -2.62. The van der Waals surface area contributed by atoms with Crippen LogP contribution in [0.25, 0.3) is 33.1 Å². The van der Waals surface area contributed by atoms with Crippen LogP contribution in [0, 0.1) is 13.8 Å². The van der Waals surface area contributed by atoms with Crippen molar-refractivity contribution in [1.82, 2.24) is 0 Å². The Bertz CT molecular complexity index is 3230. The van der Waals surface area contributed by atoms with Crippen molar-refractivity contribution in [3.8, 4) is 11.1 Å². The topological polar surface area (TPSA) is 19.6 Å². The molecular formula is C60H61BN2O. The van der Waals surface area contributed by atoms with Gasteiger partial charge in [0.05, 0.1) is 5.69 Å². The second-order valence-corrected chi connectivity index (χ2v) is 22.7. The molecule has 0 unspecified atom stereocenters. The van der Waals surface area contributed by atoms with Crippen molar-refractivity contribution in [1.29, 1.82) is 0 Å². The summed E-state index contributed by atoms with van der Waals surface area (Å²) in [5.74, 6) is 0. The van der Waals surface area contributed by atoms with Gasteiger partial charge in [0, 0.05) is 39.2 Å². The zero-order chi connectivity index (χ0) is 44.8. The van der Waals surface area contributed by atoms with Gasteiger partial charge in [-0.2, -0.15) is 0 Å². The van der Waals surface area contributed by atoms with Crippen LogP contribution in [0.1, 0.15) is 115 Å². The predicted octanol–water partition coefficient (Wildman–Crippen LogP) is 14.9. The Balaban J connectivity index is 1.29. The first kappa shape index (κ1) is 40.8. The summed E-state index contributed by atoms with van der Waals surface area (Å²) < 4.78 is 7.06. The van der Waals surface area contributed by atoms with Gasteiger partial charge in [0.2, 0.25) is 0 Å². The van der Waals surface area contributed by atoms with Crippen molar-refractivity contribution in [2.24, 2.45) is 0 Å². The largest absolute Gasteiger partial charge is 0.454 e. The average molecular weight is 837 g/mol. The van der Waals surface area contributed by atoms with Gasteiger partial charge in [-0.15, -0.1) is 0 Å². The summed E-state index contributed by atoms with van der Waals surface area (Å²) in [7, 11) is 0. The maximum Gasteiger partial charge on any atom is 0.252 e. The Kier molecular flexibility index (Phi) is 8.76. The highest BCUT2D eigenvalue weighted by Gasteiger charge is 2.47. The lowest BCUT2D eigenvalue weighted by molar-refractivity contribution is 0.332. The van der Waals surface area contributed by atoms with E-state index in [1.807, 2.05) is 0 Å². The standard InChI is InChI=1S/C60H61BN2O/c1-36-28-51-55-52(29-36)63(53-33-41(58(6,7)8)31-43-42-20-16-17-21-54(42)64-56(43)53)50-35-45-44(59(9,10)26-27-60(45,11)12)34-47(50)61(55)46-25-24-40(57(3,4)5)32-49(46)62(51)48-30-39(23-22-37(48)2)38-18-14-13-15-19-38/h13-25,28-35H,26-27H2,1-12H3. The van der Waals surface area contributed by atoms with E-state index in [0.29, 0.717) is 0 Å². The molecule has 3 aliphatic rings. The molecule has 0 bridgehead atoms. The van der Waals surface area contributed by atoms with Gasteiger partial charge in [-0.1, -0.05) is 148 Å². The smallest absolute Gasteiger partial charge is 0.252 e. The van der Waals surface area contributed by atoms with E-state index >= 15 is 0 Å². The molecule has 4 heteroatoms. The highest BCUT2D eigenvalue weighted by molar-refractivity contribution is 7.00. The molecule has 0 saturated heterocycles. The number of hydrogen-bond donors (Lipinski definition) is 0. The molecule has 0 saturated carbocycles. The van der Waals surface area contributed by atoms with Crippen LogP contribution in [0.4, 0.5) is 34.1 Å². The van der Waals surface area contributed by atoms with E-state index in [0.717, 1.165) is 40.5 Å². The zero-order valence-electron chi connectivity index (χ0n) is 39.9. The lowest BCUT2D eigenvalue weighted by Gasteiger charge is -2.47. The molecule has 7 aromatic carbocycles. The van der Waals surface area contributed by atoms with Crippen molar-refractivity contribution in [3.05, 3.63) is 161 Å². The SMILES string of the molecule is Cc1cc2c3c(c1)N(c1cc(C(C)(C)C)cc4c1oc1ccccc14)c1cc4c(cc1B3c1ccc(C(C)(C)C)cc1N2c1cc(-c2ccccc2)ccc1C)C(C)(C)CCC4(C)C. The molecule has 1 aliphatic carbocycles. The first-order valence-corrected chi connectivity index (χ1v) is 23.5. The molecule has 11 rings (SSSR count). The Morgan fingerprint density at radius 1 is 0.500 bits per heavy atom. The molecule has 320 valence electrons. The Morgan fingerprint density at radius 3 is 1.80 bits per heavy atom. The van der Waals surface area contributed by atoms with Gasteiger partial charge in [-0.3, -0.25) is 0 Å². The Morgan fingerprint density at radius 2 is 1.11 bits per heavy atom. The minimum absolute atomic E-state index is 0.0119. The Hall–Kier alpha value is -6.00. The number of fused-ring (bicyclic) bond motifs is 8. The van der Waals surface area contributed by atoms with E-state index in [9.17, 15) is 0 Å². The van der Waals surface area contributed by atoms with Crippen molar-refractivity contribution >= 4 is 79.2 Å². The summed E-state index contributed by atoms with van der Waals surface area (Å²) in [6, 6.07) is 48.8. The first-order chi connectivity index (χ1) is 30.3. The van der Waals surface area contributed by atoms with E-state index in [1.54, 1.807) is 0 Å². The van der Waals surface area contributed by atoms with E-state index in [2.05, 4.69) is 220 Å². The molecule has 2 aliphatic heterocycles. The maximum atomic E-state index is 7.06. The van der Waals surface area contributed by atoms with Crippen LogP contribution in [-0.2, 0) is 21.7 Å². The fourth-order valence-corrected chi connectivity index (χ4v) is 11.2. The van der Waals surface area contributed by atoms with Crippen LogP contribution in [0.15, 0.2) is 132 Å². The highest BCUT2D eigenvalue weighted by Crippen LogP contribution is 2.53. The Labute approximate surface area is 381 Å². The molecule has 0 radical (unpaired) electrons. The fourth-order valence-electron chi connectivity index (χ4n) is 11.2. The van der Waals surface area contributed by atoms with E-state index in [-0.39, 0.29) is 28.4 Å². The molecule has 0 amide bonds. The minimum Gasteiger partial charge on any atom is -0.454 e. The van der Waals surface area contributed by atoms with Crippen molar-refractivity contribution in [2.45, 2.75) is 118 Å². The van der Waals surface area contributed by atoms with Gasteiger partial charge >= 0.3 is 0 Å². The van der Waals surface area contributed by atoms with E-state index in [1.165, 1.54) is 89.3 Å². The highest BCUT2D eigenvalue weighted by atomic mass is 16.3. The normalized spacial score (nSPS) is 16.2. The van der Waals surface area contributed by atoms with Gasteiger partial charge < -0.3 is 14.2 Å². The van der Waals surface area contributed by atoms with Gasteiger partial charge in [-0.05, 0) is 158 Å². The number of anilines is 6. The van der Waals surface area contributed by atoms with Gasteiger partial charge in [0.1, 0.15) is 5.58 Å². The van der Waals surface area contributed by atoms with Crippen LogP contribution < -0.4 is 26.2 Å². The number of furan rings is 1. The third-order valence-corrected chi connectivity index (χ3v) is 15.2. The number of nitrogens with zero attached hydrogens (tertiary/aromatic N) is 2. The van der Waals surface area contributed by atoms with Crippen LogP contribution in [-0.4, -0.2) is 6.71 Å². The molecule has 0 atom stereocenters. The molecular weight excluding hydrogens is 775 g/mol. The second-order valence-electron chi connectivity index (χ2n) is 22.7. The van der Waals surface area contributed by atoms with Crippen LogP contribution in [0.5, 0.6) is 0 Å². The molecule has 3 heterocycles. The molecule has 0 fully saturated rings. The van der Waals surface area contributed by atoms with E-state index < -0.39 is 0 Å². The van der Waals surface area contributed by atoms with Crippen LogP contribution in [0.2, 0.25) is 0 Å². The first-order valence-electron chi connectivity index (χ1n) is 23.5. The molecule has 64 heavy (non-hydrogen) atoms. The summed E-state index contributed by atoms with van der Waals surface area (Å²) in [5.41, 5.74) is 23.6. The summed E-state index contributed by atoms with van der Waals surface area (Å²) in [5, 5.41) is 2.32. The summed E-state index contributed by atoms with van der Waals surface area (Å²) in [6.07, 6.45) is 2.31. The number of para-hydroxylation sites is 1. The summed E-state index contributed by atoms with van der Waals surface area (Å²) >= 11 is 0. The van der Waals surface area contributed by atoms with Crippen molar-refractivity contribution < 1.29 is 4.42 Å². The lowest BCUT2D eigenvalue weighted by atomic mass is 9.33. The summed E-state index contributed by atoms with van der Waals surface area (Å²) in [6.45, 7) is 28.5. The third kappa shape index (κ3) is 6.15. The number of rotatable bonds is 3. The maximum absolute atomic E-state index is 7.06. The van der Waals surface area contributed by atoms with E-state index in [4.69, 9.17) is 4.42 Å². The summed E-state index contributed by atoms with van der Waals surface area (Å²) in [4.78, 5) is 5.24. The van der Waals surface area contributed by atoms with Crippen LogP contribution in [0.3, 0.4) is 0 Å². The molecule has 3 nitrogen and oxygen atoms in total. The predicted molar refractivity (Wildman–Crippen MR) is 275 cm³/mol. The molecule has 0 N–H and O–H groups in total. The van der Waals surface area contributed by atoms with Crippen molar-refractivity contribution in [3.63, 3.8) is 0 Å². The number of hydrogen-bond acceptors (Lipinski definition) is 3. The zero-order valence-corrected chi connectivity index (χ0v) is 39.9. The second kappa shape index (κ2) is 13.8. The number of benzene rings is 7. The van der Waals surface area contributed by atoms with Gasteiger partial charge in [0.15, 0.2) is 5.58 Å². The monoisotopic (exact) mass is 836 g/mol. The molecule has 0 spiro atoms. The third-order valence-electron chi connectivity index (χ3n) is 15.2. The average Bonchev–Trinajstić information content (AvgIpc) is 3.63. The fraction of sp³-hybridized carbons (Fsp3) is 0.300. The van der Waals surface area contributed by atoms with Crippen molar-refractivity contribution in [2.75, 3.05) is 9.80 Å². The van der Waals surface area contributed by atoms with Gasteiger partial charge in [-0.25, -0.2) is 0 Å². The molecule has 8 aromatic rings. The minimum atomic E-state index is -0.0990.